The quantitative estimate of drug-likeness (QED) is 0.396. The standard InChI is InChI=1S/C7H7NO2.C3H6.C2H6/c1-6-4-2-3-5-7(6)8(9)10;1-3-2;1-2/h2-5H,1H3;3H,1H2,2H3;1-2H3. The molecule has 0 saturated heterocycles. The van der Waals surface area contributed by atoms with Gasteiger partial charge in [0, 0.05) is 11.6 Å². The Morgan fingerprint density at radius 1 is 1.33 bits per heavy atom. The van der Waals surface area contributed by atoms with E-state index < -0.39 is 0 Å². The van der Waals surface area contributed by atoms with Crippen LogP contribution in [0.5, 0.6) is 0 Å². The fourth-order valence-corrected chi connectivity index (χ4v) is 0.768. The number of aryl methyl sites for hydroxylation is 1. The molecule has 0 atom stereocenters. The number of nitro groups is 1. The Bertz CT molecular complexity index is 295. The molecule has 3 nitrogen and oxygen atoms in total. The van der Waals surface area contributed by atoms with Crippen LogP contribution in [-0.2, 0) is 0 Å². The Labute approximate surface area is 91.6 Å². The molecule has 3 heteroatoms. The first kappa shape index (κ1) is 15.8. The van der Waals surface area contributed by atoms with Gasteiger partial charge in [-0.15, -0.1) is 6.58 Å². The lowest BCUT2D eigenvalue weighted by Crippen LogP contribution is -1.89. The number of nitrogens with zero attached hydrogens (tertiary/aromatic N) is 1. The van der Waals surface area contributed by atoms with Crippen LogP contribution < -0.4 is 0 Å². The number of hydrogen-bond donors (Lipinski definition) is 0. The molecule has 0 fully saturated rings. The third-order valence-electron chi connectivity index (χ3n) is 1.31. The van der Waals surface area contributed by atoms with E-state index >= 15 is 0 Å². The van der Waals surface area contributed by atoms with Gasteiger partial charge in [0.15, 0.2) is 0 Å². The SMILES string of the molecule is C=CC.CC.Cc1ccccc1[N+](=O)[O-]. The first-order valence-corrected chi connectivity index (χ1v) is 4.90. The summed E-state index contributed by atoms with van der Waals surface area (Å²) in [5, 5.41) is 10.2. The molecule has 1 aromatic rings. The normalized spacial score (nSPS) is 7.47. The van der Waals surface area contributed by atoms with Gasteiger partial charge in [-0.2, -0.15) is 0 Å². The third-order valence-corrected chi connectivity index (χ3v) is 1.31. The molecular formula is C12H19NO2. The molecular weight excluding hydrogens is 190 g/mol. The van der Waals surface area contributed by atoms with Crippen molar-refractivity contribution < 1.29 is 4.92 Å². The van der Waals surface area contributed by atoms with Crippen LogP contribution in [0.3, 0.4) is 0 Å². The van der Waals surface area contributed by atoms with Crippen molar-refractivity contribution in [3.63, 3.8) is 0 Å². The van der Waals surface area contributed by atoms with Crippen molar-refractivity contribution in [2.24, 2.45) is 0 Å². The van der Waals surface area contributed by atoms with E-state index in [1.165, 1.54) is 6.07 Å². The summed E-state index contributed by atoms with van der Waals surface area (Å²) in [6.07, 6.45) is 1.75. The maximum absolute atomic E-state index is 10.2. The summed E-state index contributed by atoms with van der Waals surface area (Å²) in [6, 6.07) is 6.65. The number of benzene rings is 1. The zero-order chi connectivity index (χ0) is 12.3. The molecule has 0 saturated carbocycles. The summed E-state index contributed by atoms with van der Waals surface area (Å²) in [5.74, 6) is 0. The van der Waals surface area contributed by atoms with Gasteiger partial charge in [-0.3, -0.25) is 10.1 Å². The molecule has 0 N–H and O–H groups in total. The largest absolute Gasteiger partial charge is 0.272 e. The van der Waals surface area contributed by atoms with Crippen molar-refractivity contribution in [3.8, 4) is 0 Å². The average Bonchev–Trinajstić information content (AvgIpc) is 2.22. The molecule has 0 aliphatic heterocycles. The van der Waals surface area contributed by atoms with Crippen molar-refractivity contribution in [2.45, 2.75) is 27.7 Å². The average molecular weight is 209 g/mol. The summed E-state index contributed by atoms with van der Waals surface area (Å²) in [4.78, 5) is 9.85. The number of rotatable bonds is 1. The Balaban J connectivity index is 0. The fourth-order valence-electron chi connectivity index (χ4n) is 0.768. The summed E-state index contributed by atoms with van der Waals surface area (Å²) in [5.41, 5.74) is 0.884. The Hall–Kier alpha value is -1.64. The maximum atomic E-state index is 10.2. The number of hydrogen-bond acceptors (Lipinski definition) is 2. The second kappa shape index (κ2) is 10.4. The highest BCUT2D eigenvalue weighted by atomic mass is 16.6. The van der Waals surface area contributed by atoms with Crippen molar-refractivity contribution in [2.75, 3.05) is 0 Å². The topological polar surface area (TPSA) is 43.1 Å². The van der Waals surface area contributed by atoms with Gasteiger partial charge in [-0.1, -0.05) is 38.1 Å². The number of nitro benzene ring substituents is 1. The first-order valence-electron chi connectivity index (χ1n) is 4.90. The van der Waals surface area contributed by atoms with E-state index in [-0.39, 0.29) is 10.6 Å². The van der Waals surface area contributed by atoms with Crippen LogP contribution >= 0.6 is 0 Å². The van der Waals surface area contributed by atoms with Gasteiger partial charge in [0.25, 0.3) is 5.69 Å². The van der Waals surface area contributed by atoms with E-state index in [1.807, 2.05) is 20.8 Å². The summed E-state index contributed by atoms with van der Waals surface area (Å²) < 4.78 is 0. The molecule has 1 aromatic carbocycles. The molecule has 0 aliphatic carbocycles. The smallest absolute Gasteiger partial charge is 0.258 e. The van der Waals surface area contributed by atoms with Crippen LogP contribution in [0.2, 0.25) is 0 Å². The molecule has 0 aromatic heterocycles. The molecule has 1 rings (SSSR count). The predicted octanol–water partition coefficient (Wildman–Crippen LogP) is 4.12. The van der Waals surface area contributed by atoms with Crippen LogP contribution in [0, 0.1) is 17.0 Å². The Morgan fingerprint density at radius 3 is 2.00 bits per heavy atom. The Kier molecular flexibility index (Phi) is 11.0. The van der Waals surface area contributed by atoms with E-state index in [9.17, 15) is 10.1 Å². The van der Waals surface area contributed by atoms with Crippen LogP contribution in [0.1, 0.15) is 26.3 Å². The van der Waals surface area contributed by atoms with Gasteiger partial charge in [-0.25, -0.2) is 0 Å². The van der Waals surface area contributed by atoms with Gasteiger partial charge in [0.05, 0.1) is 4.92 Å². The highest BCUT2D eigenvalue weighted by Crippen LogP contribution is 2.14. The van der Waals surface area contributed by atoms with E-state index in [0.717, 1.165) is 0 Å². The van der Waals surface area contributed by atoms with Crippen molar-refractivity contribution >= 4 is 5.69 Å². The summed E-state index contributed by atoms with van der Waals surface area (Å²) >= 11 is 0. The number of allylic oxidation sites excluding steroid dienone is 1. The number of para-hydroxylation sites is 1. The van der Waals surface area contributed by atoms with Gasteiger partial charge in [-0.05, 0) is 13.8 Å². The minimum Gasteiger partial charge on any atom is -0.258 e. The molecule has 0 unspecified atom stereocenters. The zero-order valence-electron chi connectivity index (χ0n) is 9.86. The van der Waals surface area contributed by atoms with E-state index in [4.69, 9.17) is 0 Å². The van der Waals surface area contributed by atoms with Crippen molar-refractivity contribution in [1.29, 1.82) is 0 Å². The van der Waals surface area contributed by atoms with Gasteiger partial charge < -0.3 is 0 Å². The lowest BCUT2D eigenvalue weighted by Gasteiger charge is -1.92. The van der Waals surface area contributed by atoms with Gasteiger partial charge in [0.2, 0.25) is 0 Å². The monoisotopic (exact) mass is 209 g/mol. The maximum Gasteiger partial charge on any atom is 0.272 e. The molecule has 0 heterocycles. The summed E-state index contributed by atoms with van der Waals surface area (Å²) in [7, 11) is 0. The van der Waals surface area contributed by atoms with Gasteiger partial charge in [0.1, 0.15) is 0 Å². The van der Waals surface area contributed by atoms with Crippen molar-refractivity contribution in [1.82, 2.24) is 0 Å². The van der Waals surface area contributed by atoms with Crippen LogP contribution in [0.15, 0.2) is 36.9 Å². The van der Waals surface area contributed by atoms with Crippen LogP contribution in [-0.4, -0.2) is 4.92 Å². The van der Waals surface area contributed by atoms with E-state index in [2.05, 4.69) is 6.58 Å². The minimum absolute atomic E-state index is 0.183. The zero-order valence-corrected chi connectivity index (χ0v) is 9.86. The predicted molar refractivity (Wildman–Crippen MR) is 65.1 cm³/mol. The van der Waals surface area contributed by atoms with Crippen LogP contribution in [0.25, 0.3) is 0 Å². The second-order valence-electron chi connectivity index (χ2n) is 2.45. The Morgan fingerprint density at radius 2 is 1.73 bits per heavy atom. The first-order chi connectivity index (χ1) is 7.13. The molecule has 0 bridgehead atoms. The lowest BCUT2D eigenvalue weighted by atomic mass is 10.2. The second-order valence-corrected chi connectivity index (χ2v) is 2.45. The molecule has 0 amide bonds. The van der Waals surface area contributed by atoms with Crippen LogP contribution in [0.4, 0.5) is 5.69 Å². The molecule has 15 heavy (non-hydrogen) atoms. The van der Waals surface area contributed by atoms with Gasteiger partial charge >= 0.3 is 0 Å². The molecule has 0 radical (unpaired) electrons. The molecule has 84 valence electrons. The van der Waals surface area contributed by atoms with E-state index in [1.54, 1.807) is 31.2 Å². The third kappa shape index (κ3) is 7.43. The van der Waals surface area contributed by atoms with E-state index in [0.29, 0.717) is 5.56 Å². The minimum atomic E-state index is -0.380. The lowest BCUT2D eigenvalue weighted by molar-refractivity contribution is -0.385. The highest BCUT2D eigenvalue weighted by Gasteiger charge is 2.05. The molecule has 0 aliphatic rings. The van der Waals surface area contributed by atoms with Crippen molar-refractivity contribution in [3.05, 3.63) is 52.6 Å². The fraction of sp³-hybridized carbons (Fsp3) is 0.333. The summed E-state index contributed by atoms with van der Waals surface area (Å²) in [6.45, 7) is 11.0. The highest BCUT2D eigenvalue weighted by molar-refractivity contribution is 5.38. The molecule has 0 spiro atoms.